The first-order chi connectivity index (χ1) is 8.61. The fraction of sp³-hybridized carbons (Fsp3) is 0.600. The maximum absolute atomic E-state index is 5.25. The summed E-state index contributed by atoms with van der Waals surface area (Å²) in [5, 5.41) is 7.82. The first kappa shape index (κ1) is 14.4. The average Bonchev–Trinajstić information content (AvgIpc) is 2.97. The topological polar surface area (TPSA) is 13.0 Å². The molecule has 8 heteroatoms. The molecule has 0 spiro atoms. The van der Waals surface area contributed by atoms with Crippen LogP contribution >= 0.6 is 49.7 Å². The van der Waals surface area contributed by atoms with Gasteiger partial charge in [-0.05, 0) is 43.7 Å². The zero-order valence-corrected chi connectivity index (χ0v) is 13.3. The van der Waals surface area contributed by atoms with Crippen LogP contribution < -0.4 is 0 Å². The molecule has 0 radical (unpaired) electrons. The van der Waals surface area contributed by atoms with Gasteiger partial charge in [0.1, 0.15) is 0 Å². The van der Waals surface area contributed by atoms with Crippen LogP contribution in [0.4, 0.5) is 0 Å². The molecule has 0 aromatic heterocycles. The number of thiol groups is 2. The van der Waals surface area contributed by atoms with Gasteiger partial charge in [0.2, 0.25) is 0 Å². The van der Waals surface area contributed by atoms with Crippen molar-refractivity contribution >= 4 is 58.3 Å². The molecular formula is C10H16N4S4. The molecule has 2 rings (SSSR count). The van der Waals surface area contributed by atoms with Gasteiger partial charge in [-0.3, -0.25) is 5.01 Å². The van der Waals surface area contributed by atoms with Crippen LogP contribution in [0.25, 0.3) is 0 Å². The summed E-state index contributed by atoms with van der Waals surface area (Å²) in [5.41, 5.74) is 0. The Hall–Kier alpha value is -0.0200. The molecule has 2 aliphatic rings. The Kier molecular flexibility index (Phi) is 5.14. The van der Waals surface area contributed by atoms with E-state index in [1.165, 1.54) is 0 Å². The van der Waals surface area contributed by atoms with Crippen LogP contribution in [-0.4, -0.2) is 48.5 Å². The second-order valence-electron chi connectivity index (χ2n) is 4.14. The lowest BCUT2D eigenvalue weighted by molar-refractivity contribution is -0.148. The summed E-state index contributed by atoms with van der Waals surface area (Å²) in [6.07, 6.45) is 7.42. The van der Waals surface area contributed by atoms with Crippen molar-refractivity contribution in [2.75, 3.05) is 19.6 Å². The summed E-state index contributed by atoms with van der Waals surface area (Å²) in [7, 11) is 0. The Morgan fingerprint density at radius 3 is 2.06 bits per heavy atom. The number of nitrogens with zero attached hydrogens (tertiary/aromatic N) is 4. The molecule has 0 aromatic carbocycles. The molecule has 0 saturated carbocycles. The van der Waals surface area contributed by atoms with Crippen LogP contribution in [0.3, 0.4) is 0 Å². The van der Waals surface area contributed by atoms with E-state index in [4.69, 9.17) is 24.4 Å². The number of thiocarbonyl (C=S) groups is 2. The molecule has 0 aromatic rings. The second-order valence-corrected chi connectivity index (χ2v) is 6.37. The van der Waals surface area contributed by atoms with Gasteiger partial charge in [-0.2, -0.15) is 15.2 Å². The number of hydrogen-bond donors (Lipinski definition) is 2. The third-order valence-corrected chi connectivity index (χ3v) is 3.60. The quantitative estimate of drug-likeness (QED) is 0.456. The zero-order valence-electron chi connectivity index (χ0n) is 9.90. The summed E-state index contributed by atoms with van der Waals surface area (Å²) in [4.78, 5) is 0. The molecule has 100 valence electrons. The lowest BCUT2D eigenvalue weighted by Crippen LogP contribution is -2.59. The van der Waals surface area contributed by atoms with Crippen molar-refractivity contribution in [2.24, 2.45) is 0 Å². The molecule has 0 unspecified atom stereocenters. The molecule has 2 heterocycles. The van der Waals surface area contributed by atoms with Crippen LogP contribution in [0.5, 0.6) is 0 Å². The van der Waals surface area contributed by atoms with E-state index in [0.717, 1.165) is 38.9 Å². The van der Waals surface area contributed by atoms with Gasteiger partial charge in [0.25, 0.3) is 0 Å². The largest absolute Gasteiger partial charge is 0.271 e. The van der Waals surface area contributed by atoms with Gasteiger partial charge in [-0.25, -0.2) is 0 Å². The molecule has 0 atom stereocenters. The third-order valence-electron chi connectivity index (χ3n) is 2.92. The molecular weight excluding hydrogens is 304 g/mol. The summed E-state index contributed by atoms with van der Waals surface area (Å²) in [6.45, 7) is 2.80. The molecule has 0 bridgehead atoms. The van der Waals surface area contributed by atoms with Crippen molar-refractivity contribution in [3.63, 3.8) is 0 Å². The zero-order chi connectivity index (χ0) is 13.1. The predicted molar refractivity (Wildman–Crippen MR) is 88.1 cm³/mol. The van der Waals surface area contributed by atoms with E-state index in [2.05, 4.69) is 36.3 Å². The molecule has 1 saturated heterocycles. The maximum atomic E-state index is 5.25. The van der Waals surface area contributed by atoms with Gasteiger partial charge in [0.05, 0.1) is 0 Å². The fourth-order valence-corrected chi connectivity index (χ4v) is 2.93. The fourth-order valence-electron chi connectivity index (χ4n) is 2.15. The normalized spacial score (nSPS) is 19.3. The Morgan fingerprint density at radius 1 is 1.00 bits per heavy atom. The van der Waals surface area contributed by atoms with Crippen LogP contribution in [0.15, 0.2) is 12.3 Å². The Balaban J connectivity index is 2.21. The van der Waals surface area contributed by atoms with Crippen molar-refractivity contribution in [2.45, 2.75) is 19.3 Å². The molecule has 4 nitrogen and oxygen atoms in total. The van der Waals surface area contributed by atoms with Crippen LogP contribution in [0.2, 0.25) is 0 Å². The number of hydrogen-bond acceptors (Lipinski definition) is 4. The van der Waals surface area contributed by atoms with Gasteiger partial charge in [-0.15, -0.1) is 25.3 Å². The van der Waals surface area contributed by atoms with E-state index in [1.54, 1.807) is 0 Å². The van der Waals surface area contributed by atoms with Gasteiger partial charge >= 0.3 is 0 Å². The second kappa shape index (κ2) is 6.42. The number of hydrazine groups is 3. The Labute approximate surface area is 129 Å². The van der Waals surface area contributed by atoms with E-state index in [1.807, 2.05) is 21.4 Å². The summed E-state index contributed by atoms with van der Waals surface area (Å²) >= 11 is 19.1. The van der Waals surface area contributed by atoms with Gasteiger partial charge in [0, 0.05) is 25.8 Å². The van der Waals surface area contributed by atoms with Gasteiger partial charge < -0.3 is 0 Å². The van der Waals surface area contributed by atoms with Crippen molar-refractivity contribution in [1.29, 1.82) is 0 Å². The minimum absolute atomic E-state index is 0.463. The lowest BCUT2D eigenvalue weighted by Gasteiger charge is -2.44. The Bertz CT molecular complexity index is 367. The van der Waals surface area contributed by atoms with Crippen molar-refractivity contribution in [3.05, 3.63) is 12.3 Å². The van der Waals surface area contributed by atoms with Gasteiger partial charge in [-0.1, -0.05) is 6.08 Å². The smallest absolute Gasteiger partial charge is 0.176 e. The number of rotatable bonds is 2. The highest BCUT2D eigenvalue weighted by Crippen LogP contribution is 2.21. The molecule has 0 N–H and O–H groups in total. The first-order valence-electron chi connectivity index (χ1n) is 5.85. The van der Waals surface area contributed by atoms with Crippen LogP contribution in [0.1, 0.15) is 19.3 Å². The minimum atomic E-state index is 0.463. The molecule has 1 fully saturated rings. The molecule has 0 amide bonds. The molecule has 0 aliphatic carbocycles. The Morgan fingerprint density at radius 2 is 1.61 bits per heavy atom. The van der Waals surface area contributed by atoms with Gasteiger partial charge in [0.15, 0.2) is 8.64 Å². The van der Waals surface area contributed by atoms with E-state index in [0.29, 0.717) is 8.64 Å². The highest BCUT2D eigenvalue weighted by atomic mass is 32.1. The predicted octanol–water partition coefficient (Wildman–Crippen LogP) is 2.08. The molecule has 18 heavy (non-hydrogen) atoms. The van der Waals surface area contributed by atoms with E-state index >= 15 is 0 Å². The highest BCUT2D eigenvalue weighted by molar-refractivity contribution is 8.11. The monoisotopic (exact) mass is 320 g/mol. The minimum Gasteiger partial charge on any atom is -0.271 e. The summed E-state index contributed by atoms with van der Waals surface area (Å²) in [5.74, 6) is 0. The standard InChI is InChI=1S/C10H16N4S4/c15-9(16)13(11-5-1-2-6-11)14(10(17)18)12-7-3-4-8-12/h1,5H,2-4,6-8H2,(H,15,16)(H,17,18). The maximum Gasteiger partial charge on any atom is 0.176 e. The lowest BCUT2D eigenvalue weighted by atomic mass is 10.4. The summed E-state index contributed by atoms with van der Waals surface area (Å²) < 4.78 is 0.943. The van der Waals surface area contributed by atoms with Crippen molar-refractivity contribution in [3.8, 4) is 0 Å². The SMILES string of the molecule is S=C(S)N(N1C=CCC1)N(C(=S)S)N1CCCC1. The first-order valence-corrected chi connectivity index (χ1v) is 7.56. The average molecular weight is 321 g/mol. The van der Waals surface area contributed by atoms with Crippen LogP contribution in [0, 0.1) is 0 Å². The van der Waals surface area contributed by atoms with Crippen LogP contribution in [-0.2, 0) is 0 Å². The van der Waals surface area contributed by atoms with Crippen molar-refractivity contribution in [1.82, 2.24) is 20.3 Å². The van der Waals surface area contributed by atoms with E-state index in [9.17, 15) is 0 Å². The summed E-state index contributed by atoms with van der Waals surface area (Å²) in [6, 6.07) is 0. The van der Waals surface area contributed by atoms with Crippen molar-refractivity contribution < 1.29 is 0 Å². The highest BCUT2D eigenvalue weighted by Gasteiger charge is 2.30. The van der Waals surface area contributed by atoms with E-state index < -0.39 is 0 Å². The molecule has 2 aliphatic heterocycles. The third kappa shape index (κ3) is 3.11. The van der Waals surface area contributed by atoms with E-state index in [-0.39, 0.29) is 0 Å².